The predicted molar refractivity (Wildman–Crippen MR) is 180 cm³/mol. The fourth-order valence-electron chi connectivity index (χ4n) is 6.83. The van der Waals surface area contributed by atoms with E-state index in [9.17, 15) is 0 Å². The second kappa shape index (κ2) is 9.57. The summed E-state index contributed by atoms with van der Waals surface area (Å²) in [6, 6.07) is 35.3. The Bertz CT molecular complexity index is 2450. The van der Waals surface area contributed by atoms with Gasteiger partial charge in [-0.15, -0.1) is 0 Å². The van der Waals surface area contributed by atoms with Crippen molar-refractivity contribution in [1.29, 1.82) is 0 Å². The molecule has 0 aliphatic heterocycles. The summed E-state index contributed by atoms with van der Waals surface area (Å²) in [6.07, 6.45) is 0. The minimum absolute atomic E-state index is 0.286. The van der Waals surface area contributed by atoms with Gasteiger partial charge in [0, 0.05) is 26.0 Å². The molecular formula is C40H35N2O+. The minimum Gasteiger partial charge on any atom is -0.455 e. The van der Waals surface area contributed by atoms with E-state index in [4.69, 9.17) is 8.53 Å². The molecule has 0 bridgehead atoms. The average Bonchev–Trinajstić information content (AvgIpc) is 3.60. The van der Waals surface area contributed by atoms with E-state index < -0.39 is 6.85 Å². The number of aryl methyl sites for hydroxylation is 1. The Kier molecular flexibility index (Phi) is 5.05. The topological polar surface area (TPSA) is 32.8 Å². The molecule has 0 unspecified atom stereocenters. The van der Waals surface area contributed by atoms with Crippen LogP contribution in [0.25, 0.3) is 71.6 Å². The third-order valence-electron chi connectivity index (χ3n) is 8.93. The van der Waals surface area contributed by atoms with Crippen molar-refractivity contribution in [2.75, 3.05) is 0 Å². The quantitative estimate of drug-likeness (QED) is 0.168. The van der Waals surface area contributed by atoms with Gasteiger partial charge in [-0.1, -0.05) is 100 Å². The van der Waals surface area contributed by atoms with Gasteiger partial charge in [0.2, 0.25) is 0 Å². The number of nitrogens with zero attached hydrogens (tertiary/aromatic N) is 1. The third kappa shape index (κ3) is 3.84. The van der Waals surface area contributed by atoms with Crippen LogP contribution >= 0.6 is 0 Å². The van der Waals surface area contributed by atoms with Crippen molar-refractivity contribution in [3.63, 3.8) is 0 Å². The average molecular weight is 563 g/mol. The summed E-state index contributed by atoms with van der Waals surface area (Å²) in [7, 11) is 0. The Morgan fingerprint density at radius 2 is 1.44 bits per heavy atom. The van der Waals surface area contributed by atoms with Gasteiger partial charge in [-0.2, -0.15) is 4.57 Å². The van der Waals surface area contributed by atoms with Crippen LogP contribution in [-0.4, -0.2) is 4.98 Å². The Morgan fingerprint density at radius 1 is 0.698 bits per heavy atom. The number of nitrogens with one attached hydrogen (secondary N) is 1. The number of hydrogen-bond acceptors (Lipinski definition) is 1. The molecule has 0 radical (unpaired) electrons. The van der Waals surface area contributed by atoms with Crippen molar-refractivity contribution in [2.24, 2.45) is 0 Å². The summed E-state index contributed by atoms with van der Waals surface area (Å²) in [5.74, 6) is 1.43. The first kappa shape index (κ1) is 22.7. The Morgan fingerprint density at radius 3 is 2.23 bits per heavy atom. The van der Waals surface area contributed by atoms with Crippen LogP contribution < -0.4 is 4.57 Å². The maximum atomic E-state index is 8.53. The van der Waals surface area contributed by atoms with Gasteiger partial charge in [0.05, 0.1) is 0 Å². The SMILES string of the molecule is [2H]C([2H])([2H])c1ccc(-c2[nH]c3ccccc3[n+]2-c2c(C(C)C)cccc2C(C)C)c2oc3cc4ccc5ccccc5c4cc3c12. The van der Waals surface area contributed by atoms with E-state index in [0.29, 0.717) is 16.6 Å². The molecule has 0 saturated heterocycles. The summed E-state index contributed by atoms with van der Waals surface area (Å²) in [6.45, 7) is 6.60. The summed E-state index contributed by atoms with van der Waals surface area (Å²) < 4.78 is 34.7. The molecule has 0 spiro atoms. The highest BCUT2D eigenvalue weighted by Gasteiger charge is 2.30. The molecule has 0 saturated carbocycles. The molecule has 3 heteroatoms. The van der Waals surface area contributed by atoms with E-state index in [1.165, 1.54) is 11.1 Å². The van der Waals surface area contributed by atoms with E-state index in [0.717, 1.165) is 55.0 Å². The number of furan rings is 1. The van der Waals surface area contributed by atoms with Crippen molar-refractivity contribution >= 4 is 54.5 Å². The van der Waals surface area contributed by atoms with Crippen LogP contribution in [0.15, 0.2) is 108 Å². The zero-order chi connectivity index (χ0) is 31.9. The van der Waals surface area contributed by atoms with E-state index >= 15 is 0 Å². The molecule has 8 aromatic rings. The summed E-state index contributed by atoms with van der Waals surface area (Å²) in [4.78, 5) is 3.73. The van der Waals surface area contributed by atoms with Gasteiger partial charge in [-0.25, -0.2) is 4.98 Å². The molecule has 6 aromatic carbocycles. The lowest BCUT2D eigenvalue weighted by Gasteiger charge is -2.18. The van der Waals surface area contributed by atoms with E-state index in [1.807, 2.05) is 30.3 Å². The number of imidazole rings is 1. The molecule has 8 rings (SSSR count). The molecular weight excluding hydrogens is 524 g/mol. The van der Waals surface area contributed by atoms with Gasteiger partial charge >= 0.3 is 0 Å². The molecule has 0 aliphatic rings. The van der Waals surface area contributed by atoms with Crippen molar-refractivity contribution in [3.05, 3.63) is 120 Å². The largest absolute Gasteiger partial charge is 0.455 e. The highest BCUT2D eigenvalue weighted by atomic mass is 16.3. The monoisotopic (exact) mass is 562 g/mol. The number of rotatable bonds is 4. The normalized spacial score (nSPS) is 13.6. The summed E-state index contributed by atoms with van der Waals surface area (Å²) in [5, 5.41) is 5.83. The molecule has 1 N–H and O–H groups in total. The van der Waals surface area contributed by atoms with Crippen LogP contribution in [0.5, 0.6) is 0 Å². The Labute approximate surface area is 255 Å². The van der Waals surface area contributed by atoms with Gasteiger partial charge < -0.3 is 4.42 Å². The number of benzene rings is 6. The number of fused-ring (bicyclic) bond motifs is 7. The molecule has 2 aromatic heterocycles. The fourth-order valence-corrected chi connectivity index (χ4v) is 6.83. The zero-order valence-electron chi connectivity index (χ0n) is 27.8. The van der Waals surface area contributed by atoms with Crippen LogP contribution in [-0.2, 0) is 0 Å². The second-order valence-corrected chi connectivity index (χ2v) is 12.2. The molecule has 210 valence electrons. The van der Waals surface area contributed by atoms with Gasteiger partial charge in [-0.05, 0) is 76.1 Å². The number of hydrogen-bond donors (Lipinski definition) is 1. The van der Waals surface area contributed by atoms with Crippen molar-refractivity contribution < 1.29 is 13.1 Å². The first-order chi connectivity index (χ1) is 22.1. The highest BCUT2D eigenvalue weighted by Crippen LogP contribution is 2.41. The second-order valence-electron chi connectivity index (χ2n) is 12.2. The Hall–Kier alpha value is -4.89. The minimum atomic E-state index is -2.33. The molecule has 0 aliphatic carbocycles. The lowest BCUT2D eigenvalue weighted by atomic mass is 9.92. The predicted octanol–water partition coefficient (Wildman–Crippen LogP) is 10.9. The number of aromatic nitrogens is 2. The molecule has 0 amide bonds. The van der Waals surface area contributed by atoms with E-state index in [-0.39, 0.29) is 17.4 Å². The van der Waals surface area contributed by atoms with Gasteiger partial charge in [0.15, 0.2) is 16.6 Å². The number of aromatic amines is 1. The highest BCUT2D eigenvalue weighted by molar-refractivity contribution is 6.18. The first-order valence-electron chi connectivity index (χ1n) is 16.6. The van der Waals surface area contributed by atoms with Gasteiger partial charge in [-0.3, -0.25) is 0 Å². The van der Waals surface area contributed by atoms with Crippen LogP contribution in [0.4, 0.5) is 0 Å². The third-order valence-corrected chi connectivity index (χ3v) is 8.93. The maximum Gasteiger partial charge on any atom is 0.296 e. The first-order valence-corrected chi connectivity index (χ1v) is 15.1. The summed E-state index contributed by atoms with van der Waals surface area (Å²) in [5.41, 5.74) is 8.04. The summed E-state index contributed by atoms with van der Waals surface area (Å²) >= 11 is 0. The van der Waals surface area contributed by atoms with E-state index in [1.54, 1.807) is 6.07 Å². The lowest BCUT2D eigenvalue weighted by molar-refractivity contribution is -0.556. The smallest absolute Gasteiger partial charge is 0.296 e. The lowest BCUT2D eigenvalue weighted by Crippen LogP contribution is -2.35. The van der Waals surface area contributed by atoms with Gasteiger partial charge in [0.25, 0.3) is 5.82 Å². The fraction of sp³-hybridized carbons (Fsp3) is 0.175. The van der Waals surface area contributed by atoms with Crippen LogP contribution in [0.1, 0.15) is 60.3 Å². The Balaban J connectivity index is 1.53. The maximum absolute atomic E-state index is 8.53. The van der Waals surface area contributed by atoms with Crippen molar-refractivity contribution in [1.82, 2.24) is 4.98 Å². The van der Waals surface area contributed by atoms with Crippen molar-refractivity contribution in [2.45, 2.75) is 46.4 Å². The van der Waals surface area contributed by atoms with Crippen LogP contribution in [0.2, 0.25) is 0 Å². The van der Waals surface area contributed by atoms with Crippen LogP contribution in [0.3, 0.4) is 0 Å². The molecule has 0 fully saturated rings. The van der Waals surface area contributed by atoms with Crippen molar-refractivity contribution in [3.8, 4) is 17.1 Å². The number of H-pyrrole nitrogens is 1. The standard InChI is InChI=1S/C40H34N2O/c1-23(2)28-13-10-14-29(24(3)4)38(28)42-35-16-9-8-15-34(35)41-40(42)31-20-17-25(5)37-33-22-32-27(21-36(33)43-39(31)37)19-18-26-11-6-7-12-30(26)32/h6-24H,1-5H3/p+1/i5D3. The van der Waals surface area contributed by atoms with Gasteiger partial charge in [0.1, 0.15) is 16.8 Å². The molecule has 2 heterocycles. The number of para-hydroxylation sites is 3. The van der Waals surface area contributed by atoms with Crippen LogP contribution in [0, 0.1) is 6.85 Å². The molecule has 3 nitrogen and oxygen atoms in total. The molecule has 0 atom stereocenters. The van der Waals surface area contributed by atoms with E-state index in [2.05, 4.69) is 104 Å². The zero-order valence-corrected chi connectivity index (χ0v) is 24.8. The molecule has 43 heavy (non-hydrogen) atoms.